The Morgan fingerprint density at radius 2 is 1.84 bits per heavy atom. The Labute approximate surface area is 258 Å². The van der Waals surface area contributed by atoms with Crippen LogP contribution < -0.4 is 4.74 Å². The van der Waals surface area contributed by atoms with Gasteiger partial charge in [0, 0.05) is 37.3 Å². The first-order chi connectivity index (χ1) is 21.4. The van der Waals surface area contributed by atoms with Crippen LogP contribution in [0, 0.1) is 12.7 Å². The normalized spacial score (nSPS) is 11.2. The summed E-state index contributed by atoms with van der Waals surface area (Å²) in [6, 6.07) is 24.0. The molecule has 0 amide bonds. The summed E-state index contributed by atoms with van der Waals surface area (Å²) in [5.41, 5.74) is 7.91. The first-order valence-electron chi connectivity index (χ1n) is 14.1. The van der Waals surface area contributed by atoms with Crippen molar-refractivity contribution < 1.29 is 23.8 Å². The van der Waals surface area contributed by atoms with Crippen molar-refractivity contribution in [2.75, 3.05) is 13.7 Å². The molecule has 0 aliphatic rings. The zero-order chi connectivity index (χ0) is 30.6. The number of rotatable bonds is 11. The second-order valence-corrected chi connectivity index (χ2v) is 11.3. The van der Waals surface area contributed by atoms with Crippen LogP contribution in [0.1, 0.15) is 32.9 Å². The number of methoxy groups -OCH3 is 1. The van der Waals surface area contributed by atoms with E-state index in [1.807, 2.05) is 41.1 Å². The molecule has 3 heterocycles. The highest BCUT2D eigenvalue weighted by atomic mass is 32.1. The summed E-state index contributed by atoms with van der Waals surface area (Å²) in [6.45, 7) is 2.94. The molecule has 0 aliphatic carbocycles. The van der Waals surface area contributed by atoms with Gasteiger partial charge in [-0.3, -0.25) is 0 Å². The second kappa shape index (κ2) is 12.8. The molecule has 0 atom stereocenters. The van der Waals surface area contributed by atoms with Crippen molar-refractivity contribution >= 4 is 28.3 Å². The Hall–Kier alpha value is -4.86. The predicted molar refractivity (Wildman–Crippen MR) is 170 cm³/mol. The first-order valence-corrected chi connectivity index (χ1v) is 15.1. The maximum absolute atomic E-state index is 14.3. The van der Waals surface area contributed by atoms with Crippen LogP contribution in [0.15, 0.2) is 89.6 Å². The Balaban J connectivity index is 1.33. The summed E-state index contributed by atoms with van der Waals surface area (Å²) >= 11 is 1.62. The zero-order valence-electron chi connectivity index (χ0n) is 24.3. The van der Waals surface area contributed by atoms with E-state index in [2.05, 4.69) is 23.6 Å². The lowest BCUT2D eigenvalue weighted by Gasteiger charge is -2.14. The number of thiophene rings is 1. The summed E-state index contributed by atoms with van der Waals surface area (Å²) in [5, 5.41) is 13.7. The van der Waals surface area contributed by atoms with Crippen LogP contribution in [0.3, 0.4) is 0 Å². The number of carboxylic acid groups (broad SMARTS) is 1. The molecule has 9 heteroatoms. The van der Waals surface area contributed by atoms with Crippen LogP contribution in [-0.2, 0) is 24.3 Å². The lowest BCUT2D eigenvalue weighted by molar-refractivity contribution is 0.0697. The number of hydrogen-bond acceptors (Lipinski definition) is 6. The maximum Gasteiger partial charge on any atom is 0.335 e. The van der Waals surface area contributed by atoms with E-state index in [-0.39, 0.29) is 18.0 Å². The van der Waals surface area contributed by atoms with Crippen LogP contribution in [0.5, 0.6) is 5.88 Å². The van der Waals surface area contributed by atoms with Gasteiger partial charge in [-0.2, -0.15) is 11.3 Å². The Morgan fingerprint density at radius 1 is 0.977 bits per heavy atom. The van der Waals surface area contributed by atoms with Gasteiger partial charge in [-0.1, -0.05) is 30.3 Å². The van der Waals surface area contributed by atoms with Crippen molar-refractivity contribution in [3.8, 4) is 28.3 Å². The Bertz CT molecular complexity index is 1950. The molecule has 44 heavy (non-hydrogen) atoms. The smallest absolute Gasteiger partial charge is 0.335 e. The number of benzene rings is 3. The highest BCUT2D eigenvalue weighted by Crippen LogP contribution is 2.33. The molecule has 0 radical (unpaired) electrons. The fourth-order valence-corrected chi connectivity index (χ4v) is 5.85. The lowest BCUT2D eigenvalue weighted by atomic mass is 9.95. The molecule has 222 valence electrons. The molecule has 0 fully saturated rings. The minimum absolute atomic E-state index is 0.0830. The summed E-state index contributed by atoms with van der Waals surface area (Å²) in [5.74, 6) is -0.0409. The van der Waals surface area contributed by atoms with E-state index in [1.165, 1.54) is 6.07 Å². The average molecular weight is 608 g/mol. The van der Waals surface area contributed by atoms with E-state index < -0.39 is 5.97 Å². The minimum Gasteiger partial charge on any atom is -0.478 e. The van der Waals surface area contributed by atoms with E-state index in [0.717, 1.165) is 50.4 Å². The largest absolute Gasteiger partial charge is 0.478 e. The number of imidazole rings is 1. The third kappa shape index (κ3) is 6.24. The SMILES string of the molecule is COCCn1c(Cc2ccc(-c3cccc(OCc4ccc(C)cc4F)n3)cc2-c2ccsc2)nc2ccc(C(=O)O)cc21. The number of carboxylic acids is 1. The summed E-state index contributed by atoms with van der Waals surface area (Å²) in [7, 11) is 1.64. The highest BCUT2D eigenvalue weighted by Gasteiger charge is 2.17. The number of aromatic carboxylic acids is 1. The van der Waals surface area contributed by atoms with E-state index in [0.29, 0.717) is 31.0 Å². The van der Waals surface area contributed by atoms with E-state index >= 15 is 0 Å². The summed E-state index contributed by atoms with van der Waals surface area (Å²) in [4.78, 5) is 21.3. The van der Waals surface area contributed by atoms with Gasteiger partial charge in [0.2, 0.25) is 5.88 Å². The molecule has 6 aromatic rings. The van der Waals surface area contributed by atoms with E-state index in [9.17, 15) is 14.3 Å². The number of hydrogen-bond donors (Lipinski definition) is 1. The van der Waals surface area contributed by atoms with Crippen LogP contribution in [-0.4, -0.2) is 39.3 Å². The third-order valence-electron chi connectivity index (χ3n) is 7.49. The summed E-state index contributed by atoms with van der Waals surface area (Å²) in [6.07, 6.45) is 0.533. The zero-order valence-corrected chi connectivity index (χ0v) is 25.1. The van der Waals surface area contributed by atoms with E-state index in [4.69, 9.17) is 19.4 Å². The van der Waals surface area contributed by atoms with Gasteiger partial charge in [0.25, 0.3) is 0 Å². The van der Waals surface area contributed by atoms with Crippen LogP contribution in [0.2, 0.25) is 0 Å². The molecule has 1 N–H and O–H groups in total. The molecular formula is C35H30FN3O4S. The van der Waals surface area contributed by atoms with Crippen molar-refractivity contribution in [3.63, 3.8) is 0 Å². The van der Waals surface area contributed by atoms with E-state index in [1.54, 1.807) is 48.8 Å². The monoisotopic (exact) mass is 607 g/mol. The van der Waals surface area contributed by atoms with Crippen molar-refractivity contribution in [2.24, 2.45) is 0 Å². The van der Waals surface area contributed by atoms with Crippen molar-refractivity contribution in [1.29, 1.82) is 0 Å². The van der Waals surface area contributed by atoms with Gasteiger partial charge >= 0.3 is 5.97 Å². The predicted octanol–water partition coefficient (Wildman–Crippen LogP) is 7.79. The van der Waals surface area contributed by atoms with Gasteiger partial charge in [0.05, 0.1) is 28.9 Å². The Morgan fingerprint density at radius 3 is 2.61 bits per heavy atom. The number of nitrogens with zero attached hydrogens (tertiary/aromatic N) is 3. The van der Waals surface area contributed by atoms with Crippen LogP contribution in [0.25, 0.3) is 33.4 Å². The number of pyridine rings is 1. The van der Waals surface area contributed by atoms with Gasteiger partial charge in [0.15, 0.2) is 0 Å². The molecule has 0 unspecified atom stereocenters. The van der Waals surface area contributed by atoms with Gasteiger partial charge in [-0.25, -0.2) is 19.2 Å². The number of aryl methyl sites for hydroxylation is 1. The molecule has 0 spiro atoms. The number of ether oxygens (including phenoxy) is 2. The number of aromatic nitrogens is 3. The van der Waals surface area contributed by atoms with Crippen molar-refractivity contribution in [2.45, 2.75) is 26.5 Å². The molecule has 7 nitrogen and oxygen atoms in total. The minimum atomic E-state index is -0.978. The third-order valence-corrected chi connectivity index (χ3v) is 8.17. The Kier molecular flexibility index (Phi) is 8.49. The molecule has 6 rings (SSSR count). The topological polar surface area (TPSA) is 86.5 Å². The number of carbonyl (C=O) groups is 1. The molecular weight excluding hydrogens is 577 g/mol. The van der Waals surface area contributed by atoms with Crippen LogP contribution in [0.4, 0.5) is 4.39 Å². The standard InChI is InChI=1S/C35H30FN3O4S/c1-22-6-7-26(29(36)16-22)20-43-34-5-3-4-30(38-34)24-9-8-23(28(17-24)27-12-15-44-21-27)19-33-37-31-11-10-25(35(40)41)18-32(31)39(33)13-14-42-2/h3-12,15-18,21H,13-14,19-20H2,1-2H3,(H,40,41). The highest BCUT2D eigenvalue weighted by molar-refractivity contribution is 7.08. The lowest BCUT2D eigenvalue weighted by Crippen LogP contribution is -2.09. The molecule has 0 saturated heterocycles. The van der Waals surface area contributed by atoms with Gasteiger partial charge < -0.3 is 19.1 Å². The molecule has 0 bridgehead atoms. The quantitative estimate of drug-likeness (QED) is 0.162. The fourth-order valence-electron chi connectivity index (χ4n) is 5.20. The molecule has 0 saturated carbocycles. The summed E-state index contributed by atoms with van der Waals surface area (Å²) < 4.78 is 27.6. The number of fused-ring (bicyclic) bond motifs is 1. The van der Waals surface area contributed by atoms with Gasteiger partial charge in [0.1, 0.15) is 18.2 Å². The maximum atomic E-state index is 14.3. The average Bonchev–Trinajstić information content (AvgIpc) is 3.68. The van der Waals surface area contributed by atoms with Gasteiger partial charge in [-0.15, -0.1) is 0 Å². The van der Waals surface area contributed by atoms with Gasteiger partial charge in [-0.05, 0) is 82.4 Å². The first kappa shape index (κ1) is 29.2. The van der Waals surface area contributed by atoms with Crippen molar-refractivity contribution in [3.05, 3.63) is 124 Å². The van der Waals surface area contributed by atoms with Crippen molar-refractivity contribution in [1.82, 2.24) is 14.5 Å². The molecule has 0 aliphatic heterocycles. The fraction of sp³-hybridized carbons (Fsp3) is 0.171. The van der Waals surface area contributed by atoms with Crippen LogP contribution >= 0.6 is 11.3 Å². The molecule has 3 aromatic heterocycles. The number of halogens is 1. The second-order valence-electron chi connectivity index (χ2n) is 10.5. The molecule has 3 aromatic carbocycles.